The summed E-state index contributed by atoms with van der Waals surface area (Å²) in [6.45, 7) is 7.39. The maximum atomic E-state index is 12.9. The lowest BCUT2D eigenvalue weighted by Crippen LogP contribution is -2.42. The summed E-state index contributed by atoms with van der Waals surface area (Å²) in [4.78, 5) is 26.9. The van der Waals surface area contributed by atoms with Crippen LogP contribution in [-0.2, 0) is 11.3 Å². The van der Waals surface area contributed by atoms with Crippen LogP contribution in [0.4, 0.5) is 4.79 Å². The number of aromatic nitrogens is 4. The molecule has 0 atom stereocenters. The normalized spacial score (nSPS) is 15.5. The van der Waals surface area contributed by atoms with Gasteiger partial charge in [-0.15, -0.1) is 0 Å². The Bertz CT molecular complexity index is 1090. The third-order valence-corrected chi connectivity index (χ3v) is 5.29. The summed E-state index contributed by atoms with van der Waals surface area (Å²) in [6, 6.07) is 9.68. The quantitative estimate of drug-likeness (QED) is 0.663. The largest absolute Gasteiger partial charge is 0.444 e. The summed E-state index contributed by atoms with van der Waals surface area (Å²) in [5, 5.41) is 9.33. The van der Waals surface area contributed by atoms with Gasteiger partial charge in [0.25, 0.3) is 5.56 Å². The minimum absolute atomic E-state index is 0.135. The first-order valence-corrected chi connectivity index (χ1v) is 10.3. The van der Waals surface area contributed by atoms with Crippen molar-refractivity contribution < 1.29 is 9.53 Å². The van der Waals surface area contributed by atoms with Crippen LogP contribution in [-0.4, -0.2) is 49.2 Å². The van der Waals surface area contributed by atoms with E-state index in [-0.39, 0.29) is 17.6 Å². The van der Waals surface area contributed by atoms with Crippen molar-refractivity contribution >= 4 is 17.0 Å². The second-order valence-corrected chi connectivity index (χ2v) is 8.73. The molecule has 1 amide bonds. The lowest BCUT2D eigenvalue weighted by atomic mass is 9.97. The molecule has 0 spiro atoms. The summed E-state index contributed by atoms with van der Waals surface area (Å²) in [7, 11) is 0. The van der Waals surface area contributed by atoms with Crippen LogP contribution in [0.5, 0.6) is 0 Å². The molecular weight excluding hydrogens is 382 g/mol. The summed E-state index contributed by atoms with van der Waals surface area (Å²) >= 11 is 0. The van der Waals surface area contributed by atoms with E-state index in [9.17, 15) is 9.59 Å². The number of carbonyl (C=O) groups is 1. The fourth-order valence-electron chi connectivity index (χ4n) is 3.74. The molecule has 2 aromatic heterocycles. The number of likely N-dealkylation sites (tertiary alicyclic amines) is 1. The maximum Gasteiger partial charge on any atom is 0.410 e. The predicted molar refractivity (Wildman–Crippen MR) is 114 cm³/mol. The van der Waals surface area contributed by atoms with Gasteiger partial charge in [0.2, 0.25) is 0 Å². The summed E-state index contributed by atoms with van der Waals surface area (Å²) in [5.41, 5.74) is 0.956. The van der Waals surface area contributed by atoms with E-state index in [1.54, 1.807) is 22.0 Å². The van der Waals surface area contributed by atoms with E-state index in [0.717, 1.165) is 18.5 Å². The molecule has 8 heteroatoms. The fourth-order valence-corrected chi connectivity index (χ4v) is 3.74. The van der Waals surface area contributed by atoms with Crippen molar-refractivity contribution in [2.24, 2.45) is 5.92 Å². The van der Waals surface area contributed by atoms with Crippen LogP contribution in [0.2, 0.25) is 0 Å². The molecule has 0 aliphatic carbocycles. The Kier molecular flexibility index (Phi) is 5.32. The average molecular weight is 409 g/mol. The van der Waals surface area contributed by atoms with Crippen LogP contribution < -0.4 is 5.56 Å². The Morgan fingerprint density at radius 3 is 2.47 bits per heavy atom. The van der Waals surface area contributed by atoms with Gasteiger partial charge < -0.3 is 9.64 Å². The molecule has 0 radical (unpaired) electrons. The van der Waals surface area contributed by atoms with Gasteiger partial charge in [-0.2, -0.15) is 10.2 Å². The van der Waals surface area contributed by atoms with E-state index in [0.29, 0.717) is 30.5 Å². The molecule has 1 aromatic carbocycles. The van der Waals surface area contributed by atoms with Crippen LogP contribution in [0.3, 0.4) is 0 Å². The molecule has 1 aliphatic rings. The number of para-hydroxylation sites is 1. The number of ether oxygens (including phenoxy) is 1. The highest BCUT2D eigenvalue weighted by atomic mass is 16.6. The van der Waals surface area contributed by atoms with Crippen LogP contribution in [0.25, 0.3) is 16.6 Å². The highest BCUT2D eigenvalue weighted by molar-refractivity contribution is 5.78. The predicted octanol–water partition coefficient (Wildman–Crippen LogP) is 3.23. The van der Waals surface area contributed by atoms with Gasteiger partial charge in [0.15, 0.2) is 0 Å². The first-order chi connectivity index (χ1) is 14.3. The second-order valence-electron chi connectivity index (χ2n) is 8.73. The summed E-state index contributed by atoms with van der Waals surface area (Å²) in [6.07, 6.45) is 4.66. The van der Waals surface area contributed by atoms with Gasteiger partial charge in [0.05, 0.1) is 29.0 Å². The van der Waals surface area contributed by atoms with E-state index in [4.69, 9.17) is 4.74 Å². The number of fused-ring (bicyclic) bond motifs is 1. The van der Waals surface area contributed by atoms with Gasteiger partial charge in [-0.25, -0.2) is 14.2 Å². The average Bonchev–Trinajstić information content (AvgIpc) is 3.15. The van der Waals surface area contributed by atoms with Crippen molar-refractivity contribution in [2.75, 3.05) is 13.1 Å². The van der Waals surface area contributed by atoms with Gasteiger partial charge >= 0.3 is 6.09 Å². The number of nitrogens with zero attached hydrogens (tertiary/aromatic N) is 5. The van der Waals surface area contributed by atoms with E-state index in [1.165, 1.54) is 4.68 Å². The molecule has 0 N–H and O–H groups in total. The van der Waals surface area contributed by atoms with Crippen molar-refractivity contribution in [3.8, 4) is 5.69 Å². The number of rotatable bonds is 3. The minimum Gasteiger partial charge on any atom is -0.444 e. The van der Waals surface area contributed by atoms with Crippen molar-refractivity contribution in [3.05, 3.63) is 53.1 Å². The SMILES string of the molecule is CC(C)(C)OC(=O)N1CCC(Cn2ncc3c(cnn3-c3ccccc3)c2=O)CC1. The third-order valence-electron chi connectivity index (χ3n) is 5.29. The molecule has 30 heavy (non-hydrogen) atoms. The number of piperidine rings is 1. The lowest BCUT2D eigenvalue weighted by Gasteiger charge is -2.33. The van der Waals surface area contributed by atoms with Crippen molar-refractivity contribution in [3.63, 3.8) is 0 Å². The molecule has 1 fully saturated rings. The van der Waals surface area contributed by atoms with Crippen LogP contribution in [0.15, 0.2) is 47.5 Å². The lowest BCUT2D eigenvalue weighted by molar-refractivity contribution is 0.0176. The Morgan fingerprint density at radius 2 is 1.80 bits per heavy atom. The standard InChI is InChI=1S/C22H27N5O3/c1-22(2,3)30-21(29)25-11-9-16(10-12-25)15-26-20(28)18-13-24-27(19(18)14-23-26)17-7-5-4-6-8-17/h4-8,13-14,16H,9-12,15H2,1-3H3. The number of hydrogen-bond acceptors (Lipinski definition) is 5. The number of benzene rings is 1. The fraction of sp³-hybridized carbons (Fsp3) is 0.455. The summed E-state index contributed by atoms with van der Waals surface area (Å²) < 4.78 is 8.70. The zero-order valence-corrected chi connectivity index (χ0v) is 17.6. The zero-order valence-electron chi connectivity index (χ0n) is 17.6. The van der Waals surface area contributed by atoms with Crippen LogP contribution in [0, 0.1) is 5.92 Å². The smallest absolute Gasteiger partial charge is 0.410 e. The van der Waals surface area contributed by atoms with Gasteiger partial charge in [0, 0.05) is 19.6 Å². The van der Waals surface area contributed by atoms with Gasteiger partial charge in [-0.05, 0) is 51.7 Å². The summed E-state index contributed by atoms with van der Waals surface area (Å²) in [5.74, 6) is 0.288. The molecule has 4 rings (SSSR count). The molecule has 8 nitrogen and oxygen atoms in total. The first kappa shape index (κ1) is 20.1. The van der Waals surface area contributed by atoms with Crippen molar-refractivity contribution in [1.29, 1.82) is 0 Å². The first-order valence-electron chi connectivity index (χ1n) is 10.3. The Balaban J connectivity index is 1.45. The molecule has 0 bridgehead atoms. The second kappa shape index (κ2) is 7.93. The van der Waals surface area contributed by atoms with Crippen LogP contribution >= 0.6 is 0 Å². The Labute approximate surface area is 175 Å². The number of amides is 1. The highest BCUT2D eigenvalue weighted by Crippen LogP contribution is 2.21. The third kappa shape index (κ3) is 4.22. The number of hydrogen-bond donors (Lipinski definition) is 0. The molecule has 158 valence electrons. The van der Waals surface area contributed by atoms with E-state index in [2.05, 4.69) is 10.2 Å². The maximum absolute atomic E-state index is 12.9. The molecule has 1 saturated heterocycles. The molecule has 0 saturated carbocycles. The van der Waals surface area contributed by atoms with Gasteiger partial charge in [-0.1, -0.05) is 18.2 Å². The van der Waals surface area contributed by atoms with Crippen LogP contribution in [0.1, 0.15) is 33.6 Å². The number of carbonyl (C=O) groups excluding carboxylic acids is 1. The molecule has 3 aromatic rings. The van der Waals surface area contributed by atoms with E-state index >= 15 is 0 Å². The molecular formula is C22H27N5O3. The van der Waals surface area contributed by atoms with Gasteiger partial charge in [-0.3, -0.25) is 4.79 Å². The topological polar surface area (TPSA) is 82.2 Å². The molecule has 3 heterocycles. The van der Waals surface area contributed by atoms with Gasteiger partial charge in [0.1, 0.15) is 5.60 Å². The monoisotopic (exact) mass is 409 g/mol. The zero-order chi connectivity index (χ0) is 21.3. The Hall–Kier alpha value is -3.16. The van der Waals surface area contributed by atoms with Crippen molar-refractivity contribution in [1.82, 2.24) is 24.5 Å². The molecule has 1 aliphatic heterocycles. The van der Waals surface area contributed by atoms with E-state index in [1.807, 2.05) is 51.1 Å². The molecule has 0 unspecified atom stereocenters. The Morgan fingerprint density at radius 1 is 1.10 bits per heavy atom. The van der Waals surface area contributed by atoms with Crippen molar-refractivity contribution in [2.45, 2.75) is 45.8 Å². The van der Waals surface area contributed by atoms with E-state index < -0.39 is 5.60 Å². The minimum atomic E-state index is -0.495. The highest BCUT2D eigenvalue weighted by Gasteiger charge is 2.27.